The molecule has 0 bridgehead atoms. The summed E-state index contributed by atoms with van der Waals surface area (Å²) in [5.41, 5.74) is 0. The Morgan fingerprint density at radius 2 is 2.25 bits per heavy atom. The molecular formula is C13H21N5O2. The molecule has 1 aromatic heterocycles. The lowest BCUT2D eigenvalue weighted by atomic mass is 10.2. The monoisotopic (exact) mass is 279 g/mol. The van der Waals surface area contributed by atoms with Crippen molar-refractivity contribution in [2.24, 2.45) is 0 Å². The van der Waals surface area contributed by atoms with Gasteiger partial charge in [0.25, 0.3) is 0 Å². The lowest BCUT2D eigenvalue weighted by Crippen LogP contribution is -2.50. The number of rotatable bonds is 5. The minimum atomic E-state index is -0.0393. The summed E-state index contributed by atoms with van der Waals surface area (Å²) in [6.45, 7) is 5.12. The Bertz CT molecular complexity index is 414. The van der Waals surface area contributed by atoms with Gasteiger partial charge in [0.1, 0.15) is 0 Å². The fourth-order valence-electron chi connectivity index (χ4n) is 2.00. The molecule has 2 rings (SSSR count). The number of urea groups is 1. The minimum Gasteiger partial charge on any atom is -0.375 e. The molecule has 0 aliphatic carbocycles. The van der Waals surface area contributed by atoms with Crippen LogP contribution in [-0.2, 0) is 4.74 Å². The van der Waals surface area contributed by atoms with E-state index in [0.717, 1.165) is 6.42 Å². The zero-order chi connectivity index (χ0) is 14.2. The van der Waals surface area contributed by atoms with Crippen LogP contribution in [0.2, 0.25) is 0 Å². The first-order chi connectivity index (χ1) is 9.79. The molecule has 7 nitrogen and oxygen atoms in total. The summed E-state index contributed by atoms with van der Waals surface area (Å²) in [4.78, 5) is 21.9. The Balaban J connectivity index is 1.65. The van der Waals surface area contributed by atoms with Crippen LogP contribution in [0.15, 0.2) is 18.5 Å². The van der Waals surface area contributed by atoms with Crippen LogP contribution in [0, 0.1) is 0 Å². The van der Waals surface area contributed by atoms with E-state index in [1.165, 1.54) is 0 Å². The number of carbonyl (C=O) groups is 1. The van der Waals surface area contributed by atoms with Gasteiger partial charge in [-0.1, -0.05) is 6.92 Å². The van der Waals surface area contributed by atoms with Gasteiger partial charge in [-0.25, -0.2) is 14.8 Å². The normalized spacial score (nSPS) is 18.6. The van der Waals surface area contributed by atoms with Gasteiger partial charge in [-0.3, -0.25) is 0 Å². The Morgan fingerprint density at radius 1 is 1.45 bits per heavy atom. The van der Waals surface area contributed by atoms with E-state index in [1.54, 1.807) is 23.4 Å². The van der Waals surface area contributed by atoms with Gasteiger partial charge in [0.05, 0.1) is 12.7 Å². The van der Waals surface area contributed by atoms with Crippen molar-refractivity contribution < 1.29 is 9.53 Å². The van der Waals surface area contributed by atoms with E-state index in [-0.39, 0.29) is 12.1 Å². The number of amides is 2. The van der Waals surface area contributed by atoms with Crippen LogP contribution in [0.4, 0.5) is 10.7 Å². The van der Waals surface area contributed by atoms with E-state index >= 15 is 0 Å². The molecule has 2 heterocycles. The Morgan fingerprint density at radius 3 is 3.00 bits per heavy atom. The molecule has 2 N–H and O–H groups in total. The maximum absolute atomic E-state index is 12.0. The van der Waals surface area contributed by atoms with Crippen LogP contribution in [0.5, 0.6) is 0 Å². The summed E-state index contributed by atoms with van der Waals surface area (Å²) >= 11 is 0. The Kier molecular flexibility index (Phi) is 5.55. The highest BCUT2D eigenvalue weighted by molar-refractivity contribution is 5.74. The van der Waals surface area contributed by atoms with E-state index in [9.17, 15) is 4.79 Å². The smallest absolute Gasteiger partial charge is 0.317 e. The summed E-state index contributed by atoms with van der Waals surface area (Å²) < 4.78 is 5.54. The molecule has 110 valence electrons. The van der Waals surface area contributed by atoms with E-state index in [2.05, 4.69) is 27.5 Å². The van der Waals surface area contributed by atoms with Crippen molar-refractivity contribution in [1.29, 1.82) is 0 Å². The average molecular weight is 279 g/mol. The summed E-state index contributed by atoms with van der Waals surface area (Å²) in [5, 5.41) is 5.92. The van der Waals surface area contributed by atoms with E-state index in [4.69, 9.17) is 4.74 Å². The first-order valence-corrected chi connectivity index (χ1v) is 6.95. The summed E-state index contributed by atoms with van der Waals surface area (Å²) in [6, 6.07) is 1.72. The van der Waals surface area contributed by atoms with E-state index in [1.807, 2.05) is 0 Å². The number of aromatic nitrogens is 2. The molecule has 7 heteroatoms. The second-order valence-corrected chi connectivity index (χ2v) is 4.58. The molecular weight excluding hydrogens is 258 g/mol. The molecule has 0 saturated carbocycles. The van der Waals surface area contributed by atoms with Gasteiger partial charge in [-0.2, -0.15) is 0 Å². The zero-order valence-electron chi connectivity index (χ0n) is 11.7. The average Bonchev–Trinajstić information content (AvgIpc) is 2.52. The van der Waals surface area contributed by atoms with Crippen molar-refractivity contribution in [1.82, 2.24) is 20.2 Å². The largest absolute Gasteiger partial charge is 0.375 e. The van der Waals surface area contributed by atoms with Gasteiger partial charge in [0.15, 0.2) is 0 Å². The number of nitrogens with one attached hydrogen (secondary N) is 2. The molecule has 1 aliphatic heterocycles. The molecule has 1 fully saturated rings. The first kappa shape index (κ1) is 14.5. The van der Waals surface area contributed by atoms with Crippen molar-refractivity contribution >= 4 is 12.0 Å². The number of ether oxygens (including phenoxy) is 1. The van der Waals surface area contributed by atoms with Crippen LogP contribution < -0.4 is 10.6 Å². The first-order valence-electron chi connectivity index (χ1n) is 6.95. The van der Waals surface area contributed by atoms with Crippen LogP contribution >= 0.6 is 0 Å². The zero-order valence-corrected chi connectivity index (χ0v) is 11.7. The molecule has 0 radical (unpaired) electrons. The second-order valence-electron chi connectivity index (χ2n) is 4.58. The van der Waals surface area contributed by atoms with Crippen molar-refractivity contribution in [2.45, 2.75) is 19.4 Å². The number of carbonyl (C=O) groups excluding carboxylic acids is 1. The third kappa shape index (κ3) is 4.34. The molecule has 0 spiro atoms. The molecule has 20 heavy (non-hydrogen) atoms. The quantitative estimate of drug-likeness (QED) is 0.776. The topological polar surface area (TPSA) is 79.4 Å². The van der Waals surface area contributed by atoms with Gasteiger partial charge >= 0.3 is 6.03 Å². The standard InChI is InChI=1S/C13H21N5O2/c1-2-11-10-18(8-9-20-11)13(19)17-7-6-16-12-14-4-3-5-15-12/h3-5,11H,2,6-10H2,1H3,(H,17,19)(H,14,15,16)/t11-/m0/s1. The summed E-state index contributed by atoms with van der Waals surface area (Å²) in [6.07, 6.45) is 4.43. The number of anilines is 1. The van der Waals surface area contributed by atoms with Gasteiger partial charge in [0, 0.05) is 38.6 Å². The SMILES string of the molecule is CC[C@H]1CN(C(=O)NCCNc2ncccn2)CCO1. The van der Waals surface area contributed by atoms with Crippen molar-refractivity contribution in [3.63, 3.8) is 0 Å². The minimum absolute atomic E-state index is 0.0393. The van der Waals surface area contributed by atoms with Gasteiger partial charge in [0.2, 0.25) is 5.95 Å². The number of nitrogens with zero attached hydrogens (tertiary/aromatic N) is 3. The van der Waals surface area contributed by atoms with Gasteiger partial charge < -0.3 is 20.3 Å². The third-order valence-corrected chi connectivity index (χ3v) is 3.13. The van der Waals surface area contributed by atoms with E-state index < -0.39 is 0 Å². The second kappa shape index (κ2) is 7.64. The fourth-order valence-corrected chi connectivity index (χ4v) is 2.00. The highest BCUT2D eigenvalue weighted by Gasteiger charge is 2.22. The van der Waals surface area contributed by atoms with Gasteiger partial charge in [-0.15, -0.1) is 0 Å². The Hall–Kier alpha value is -1.89. The lowest BCUT2D eigenvalue weighted by Gasteiger charge is -2.32. The molecule has 1 aliphatic rings. The van der Waals surface area contributed by atoms with Crippen LogP contribution in [0.3, 0.4) is 0 Å². The summed E-state index contributed by atoms with van der Waals surface area (Å²) in [5.74, 6) is 0.569. The van der Waals surface area contributed by atoms with Gasteiger partial charge in [-0.05, 0) is 12.5 Å². The summed E-state index contributed by atoms with van der Waals surface area (Å²) in [7, 11) is 0. The predicted molar refractivity (Wildman–Crippen MR) is 75.5 cm³/mol. The highest BCUT2D eigenvalue weighted by Crippen LogP contribution is 2.07. The van der Waals surface area contributed by atoms with Crippen molar-refractivity contribution in [2.75, 3.05) is 38.1 Å². The highest BCUT2D eigenvalue weighted by atomic mass is 16.5. The van der Waals surface area contributed by atoms with Crippen LogP contribution in [0.25, 0.3) is 0 Å². The Labute approximate surface area is 118 Å². The lowest BCUT2D eigenvalue weighted by molar-refractivity contribution is -0.0153. The maximum atomic E-state index is 12.0. The number of hydrogen-bond donors (Lipinski definition) is 2. The maximum Gasteiger partial charge on any atom is 0.317 e. The van der Waals surface area contributed by atoms with Crippen molar-refractivity contribution in [3.05, 3.63) is 18.5 Å². The van der Waals surface area contributed by atoms with E-state index in [0.29, 0.717) is 38.7 Å². The fraction of sp³-hybridized carbons (Fsp3) is 0.615. The molecule has 1 atom stereocenters. The number of hydrogen-bond acceptors (Lipinski definition) is 5. The van der Waals surface area contributed by atoms with Crippen molar-refractivity contribution in [3.8, 4) is 0 Å². The van der Waals surface area contributed by atoms with Crippen LogP contribution in [0.1, 0.15) is 13.3 Å². The molecule has 0 aromatic carbocycles. The molecule has 1 saturated heterocycles. The molecule has 0 unspecified atom stereocenters. The number of morpholine rings is 1. The predicted octanol–water partition coefficient (Wildman–Crippen LogP) is 0.709. The molecule has 2 amide bonds. The van der Waals surface area contributed by atoms with Crippen LogP contribution in [-0.4, -0.2) is 59.8 Å². The molecule has 1 aromatic rings. The third-order valence-electron chi connectivity index (χ3n) is 3.13.